The van der Waals surface area contributed by atoms with Crippen LogP contribution in [0.2, 0.25) is 0 Å². The fraction of sp³-hybridized carbons (Fsp3) is 0. The first-order chi connectivity index (χ1) is 8.77. The van der Waals surface area contributed by atoms with Crippen LogP contribution in [0.15, 0.2) is 48.7 Å². The smallest absolute Gasteiger partial charge is 0.323 e. The van der Waals surface area contributed by atoms with Crippen LogP contribution in [-0.4, -0.2) is 15.6 Å². The monoisotopic (exact) mass is 236 g/mol. The van der Waals surface area contributed by atoms with Crippen LogP contribution in [0.4, 0.5) is 4.79 Å². The van der Waals surface area contributed by atoms with Gasteiger partial charge in [-0.1, -0.05) is 24.3 Å². The molecule has 3 aromatic rings. The fourth-order valence-corrected chi connectivity index (χ4v) is 2.02. The molecule has 4 nitrogen and oxygen atoms in total. The Morgan fingerprint density at radius 1 is 1.28 bits per heavy atom. The van der Waals surface area contributed by atoms with E-state index in [-0.39, 0.29) is 0 Å². The number of hydrogen-bond donors (Lipinski definition) is 1. The van der Waals surface area contributed by atoms with E-state index in [0.717, 1.165) is 5.39 Å². The van der Waals surface area contributed by atoms with Gasteiger partial charge in [-0.25, -0.2) is 4.79 Å². The molecule has 0 aliphatic heterocycles. The predicted octanol–water partition coefficient (Wildman–Crippen LogP) is 2.43. The lowest BCUT2D eigenvalue weighted by atomic mass is 10.2. The lowest BCUT2D eigenvalue weighted by Gasteiger charge is -2.04. The van der Waals surface area contributed by atoms with Crippen LogP contribution in [0.3, 0.4) is 0 Å². The van der Waals surface area contributed by atoms with Crippen molar-refractivity contribution < 1.29 is 4.79 Å². The summed E-state index contributed by atoms with van der Waals surface area (Å²) >= 11 is 0. The Hall–Kier alpha value is -2.62. The molecule has 0 bridgehead atoms. The highest BCUT2D eigenvalue weighted by atomic mass is 16.2. The van der Waals surface area contributed by atoms with Crippen LogP contribution in [-0.2, 0) is 0 Å². The molecule has 18 heavy (non-hydrogen) atoms. The molecule has 4 heteroatoms. The van der Waals surface area contributed by atoms with Gasteiger partial charge >= 0.3 is 6.03 Å². The van der Waals surface area contributed by atoms with Gasteiger partial charge in [-0.2, -0.15) is 0 Å². The SMILES string of the molecule is NC(=O)n1c(-c2ccccn2)cc2ccc[c]c21. The molecular formula is C14H10N3O. The summed E-state index contributed by atoms with van der Waals surface area (Å²) in [5.74, 6) is 0. The van der Waals surface area contributed by atoms with Crippen molar-refractivity contribution in [2.24, 2.45) is 5.73 Å². The number of fused-ring (bicyclic) bond motifs is 1. The first-order valence-electron chi connectivity index (χ1n) is 5.51. The topological polar surface area (TPSA) is 60.9 Å². The molecule has 0 saturated heterocycles. The molecule has 1 amide bonds. The van der Waals surface area contributed by atoms with Crippen molar-refractivity contribution in [2.45, 2.75) is 0 Å². The van der Waals surface area contributed by atoms with E-state index >= 15 is 0 Å². The van der Waals surface area contributed by atoms with Crippen LogP contribution in [0.5, 0.6) is 0 Å². The largest absolute Gasteiger partial charge is 0.351 e. The maximum atomic E-state index is 11.6. The molecule has 0 saturated carbocycles. The molecule has 0 spiro atoms. The number of para-hydroxylation sites is 1. The standard InChI is InChI=1S/C14H10N3O/c15-14(18)17-12-7-2-1-5-10(12)9-13(17)11-6-3-4-8-16-11/h1-6,8-9H,(H2,15,18). The molecular weight excluding hydrogens is 226 g/mol. The maximum Gasteiger partial charge on any atom is 0.323 e. The highest BCUT2D eigenvalue weighted by Gasteiger charge is 2.14. The van der Waals surface area contributed by atoms with E-state index < -0.39 is 6.03 Å². The molecule has 3 rings (SSSR count). The van der Waals surface area contributed by atoms with Crippen LogP contribution in [0.25, 0.3) is 22.3 Å². The molecule has 0 fully saturated rings. The van der Waals surface area contributed by atoms with Gasteiger partial charge in [-0.3, -0.25) is 9.55 Å². The van der Waals surface area contributed by atoms with Crippen LogP contribution in [0, 0.1) is 6.07 Å². The number of carbonyl (C=O) groups excluding carboxylic acids is 1. The Kier molecular flexibility index (Phi) is 2.34. The molecule has 0 aliphatic rings. The third kappa shape index (κ3) is 1.55. The van der Waals surface area contributed by atoms with E-state index in [1.54, 1.807) is 12.3 Å². The zero-order valence-corrected chi connectivity index (χ0v) is 9.50. The van der Waals surface area contributed by atoms with E-state index in [1.807, 2.05) is 36.4 Å². The van der Waals surface area contributed by atoms with E-state index in [1.165, 1.54) is 4.57 Å². The van der Waals surface area contributed by atoms with Crippen molar-refractivity contribution in [2.75, 3.05) is 0 Å². The highest BCUT2D eigenvalue weighted by molar-refractivity contribution is 5.96. The number of benzene rings is 1. The molecule has 2 aromatic heterocycles. The molecule has 87 valence electrons. The predicted molar refractivity (Wildman–Crippen MR) is 69.0 cm³/mol. The average molecular weight is 236 g/mol. The Labute approximate surface area is 104 Å². The summed E-state index contributed by atoms with van der Waals surface area (Å²) in [5, 5.41) is 0.914. The maximum absolute atomic E-state index is 11.6. The van der Waals surface area contributed by atoms with Gasteiger partial charge in [-0.15, -0.1) is 0 Å². The number of primary amides is 1. The Bertz CT molecular complexity index is 716. The molecule has 0 aliphatic carbocycles. The van der Waals surface area contributed by atoms with Gasteiger partial charge in [-0.05, 0) is 18.2 Å². The van der Waals surface area contributed by atoms with Crippen molar-refractivity contribution in [3.05, 3.63) is 54.7 Å². The summed E-state index contributed by atoms with van der Waals surface area (Å²) in [6.45, 7) is 0. The minimum Gasteiger partial charge on any atom is -0.351 e. The molecule has 2 heterocycles. The minimum atomic E-state index is -0.534. The average Bonchev–Trinajstić information content (AvgIpc) is 2.79. The third-order valence-electron chi connectivity index (χ3n) is 2.77. The number of nitrogens with zero attached hydrogens (tertiary/aromatic N) is 2. The van der Waals surface area contributed by atoms with Gasteiger partial charge in [0.25, 0.3) is 0 Å². The quantitative estimate of drug-likeness (QED) is 0.705. The molecule has 0 atom stereocenters. The van der Waals surface area contributed by atoms with Gasteiger partial charge in [0.2, 0.25) is 0 Å². The van der Waals surface area contributed by atoms with Crippen molar-refractivity contribution in [3.63, 3.8) is 0 Å². The lowest BCUT2D eigenvalue weighted by Crippen LogP contribution is -2.20. The van der Waals surface area contributed by atoms with Crippen LogP contribution < -0.4 is 5.73 Å². The van der Waals surface area contributed by atoms with Gasteiger partial charge in [0.05, 0.1) is 16.9 Å². The summed E-state index contributed by atoms with van der Waals surface area (Å²) in [6, 6.07) is 15.5. The Morgan fingerprint density at radius 3 is 2.89 bits per heavy atom. The molecule has 1 aromatic carbocycles. The van der Waals surface area contributed by atoms with Crippen molar-refractivity contribution >= 4 is 16.9 Å². The van der Waals surface area contributed by atoms with Crippen molar-refractivity contribution in [1.29, 1.82) is 0 Å². The van der Waals surface area contributed by atoms with Gasteiger partial charge in [0.1, 0.15) is 0 Å². The van der Waals surface area contributed by atoms with Crippen molar-refractivity contribution in [3.8, 4) is 11.4 Å². The lowest BCUT2D eigenvalue weighted by molar-refractivity contribution is 0.251. The van der Waals surface area contributed by atoms with Crippen LogP contribution in [0.1, 0.15) is 0 Å². The van der Waals surface area contributed by atoms with E-state index in [9.17, 15) is 4.79 Å². The number of pyridine rings is 1. The second kappa shape index (κ2) is 4.00. The summed E-state index contributed by atoms with van der Waals surface area (Å²) in [7, 11) is 0. The normalized spacial score (nSPS) is 10.7. The van der Waals surface area contributed by atoms with Crippen molar-refractivity contribution in [1.82, 2.24) is 9.55 Å². The van der Waals surface area contributed by atoms with Gasteiger partial charge in [0, 0.05) is 17.6 Å². The Balaban J connectivity index is 2.36. The van der Waals surface area contributed by atoms with E-state index in [0.29, 0.717) is 16.9 Å². The first kappa shape index (κ1) is 10.5. The number of carbonyl (C=O) groups is 1. The molecule has 2 N–H and O–H groups in total. The summed E-state index contributed by atoms with van der Waals surface area (Å²) < 4.78 is 1.43. The zero-order chi connectivity index (χ0) is 12.5. The first-order valence-corrected chi connectivity index (χ1v) is 5.51. The number of hydrogen-bond acceptors (Lipinski definition) is 2. The van der Waals surface area contributed by atoms with E-state index in [2.05, 4.69) is 11.1 Å². The van der Waals surface area contributed by atoms with Gasteiger partial charge < -0.3 is 5.73 Å². The van der Waals surface area contributed by atoms with E-state index in [4.69, 9.17) is 5.73 Å². The highest BCUT2D eigenvalue weighted by Crippen LogP contribution is 2.25. The summed E-state index contributed by atoms with van der Waals surface area (Å²) in [6.07, 6.45) is 1.68. The Morgan fingerprint density at radius 2 is 2.17 bits per heavy atom. The fourth-order valence-electron chi connectivity index (χ4n) is 2.02. The second-order valence-electron chi connectivity index (χ2n) is 3.89. The van der Waals surface area contributed by atoms with Crippen LogP contribution >= 0.6 is 0 Å². The second-order valence-corrected chi connectivity index (χ2v) is 3.89. The summed E-state index contributed by atoms with van der Waals surface area (Å²) in [5.41, 5.74) is 7.50. The number of amides is 1. The number of aromatic nitrogens is 2. The molecule has 1 radical (unpaired) electrons. The summed E-state index contributed by atoms with van der Waals surface area (Å²) in [4.78, 5) is 15.9. The number of nitrogens with two attached hydrogens (primary N) is 1. The zero-order valence-electron chi connectivity index (χ0n) is 9.50. The molecule has 0 unspecified atom stereocenters. The minimum absolute atomic E-state index is 0.534. The number of rotatable bonds is 1. The van der Waals surface area contributed by atoms with Gasteiger partial charge in [0.15, 0.2) is 0 Å². The third-order valence-corrected chi connectivity index (χ3v) is 2.77.